The van der Waals surface area contributed by atoms with Crippen molar-refractivity contribution in [3.05, 3.63) is 95.8 Å². The molecule has 9 N–H and O–H groups in total. The summed E-state index contributed by atoms with van der Waals surface area (Å²) in [7, 11) is 0. The maximum atomic E-state index is 15.3. The van der Waals surface area contributed by atoms with Gasteiger partial charge in [0.15, 0.2) is 0 Å². The molecular weight excluding hydrogens is 929 g/mol. The molecule has 0 saturated carbocycles. The number of nitrogens with one attached hydrogen (secondary N) is 5. The third-order valence-corrected chi connectivity index (χ3v) is 11.5. The zero-order chi connectivity index (χ0) is 52.7. The van der Waals surface area contributed by atoms with E-state index in [1.165, 1.54) is 11.8 Å². The molecule has 3 aromatic rings. The molecule has 4 rings (SSSR count). The van der Waals surface area contributed by atoms with Gasteiger partial charge in [-0.2, -0.15) is 0 Å². The minimum absolute atomic E-state index is 0.0406. The van der Waals surface area contributed by atoms with E-state index in [0.717, 1.165) is 35.9 Å². The Labute approximate surface area is 409 Å². The fraction of sp³-hybridized carbons (Fsp3) is 0.449. The average Bonchev–Trinajstić information content (AvgIpc) is 3.86. The molecule has 2 heterocycles. The summed E-state index contributed by atoms with van der Waals surface area (Å²) in [5.74, 6) is -9.21. The molecule has 2 aromatic carbocycles. The lowest BCUT2D eigenvalue weighted by molar-refractivity contribution is -0.142. The Morgan fingerprint density at radius 2 is 1.45 bits per heavy atom. The van der Waals surface area contributed by atoms with Crippen molar-refractivity contribution >= 4 is 53.2 Å². The molecule has 0 fully saturated rings. The van der Waals surface area contributed by atoms with E-state index < -0.39 is 120 Å². The van der Waals surface area contributed by atoms with Gasteiger partial charge in [-0.15, -0.1) is 0 Å². The van der Waals surface area contributed by atoms with E-state index in [2.05, 4.69) is 26.6 Å². The highest BCUT2D eigenvalue weighted by Crippen LogP contribution is 2.41. The molecule has 0 radical (unpaired) electrons. The second-order valence-corrected chi connectivity index (χ2v) is 18.5. The number of aliphatic hydroxyl groups is 1. The maximum absolute atomic E-state index is 15.3. The van der Waals surface area contributed by atoms with Crippen LogP contribution in [0.2, 0.25) is 0 Å². The van der Waals surface area contributed by atoms with Gasteiger partial charge < -0.3 is 52.0 Å². The summed E-state index contributed by atoms with van der Waals surface area (Å²) in [6.45, 7) is 8.03. The number of carbonyl (C=O) groups is 9. The van der Waals surface area contributed by atoms with Crippen molar-refractivity contribution in [1.82, 2.24) is 41.0 Å². The van der Waals surface area contributed by atoms with Crippen molar-refractivity contribution in [1.29, 1.82) is 0 Å². The molecule has 5 atom stereocenters. The van der Waals surface area contributed by atoms with Gasteiger partial charge in [-0.1, -0.05) is 65.0 Å². The quantitative estimate of drug-likeness (QED) is 0.0440. The van der Waals surface area contributed by atoms with Gasteiger partial charge in [-0.25, -0.2) is 8.78 Å². The van der Waals surface area contributed by atoms with Crippen LogP contribution in [0.3, 0.4) is 0 Å². The van der Waals surface area contributed by atoms with Crippen LogP contribution in [0.1, 0.15) is 78.1 Å². The smallest absolute Gasteiger partial charge is 0.320 e. The molecule has 0 unspecified atom stereocenters. The molecule has 0 saturated heterocycles. The second-order valence-electron chi connectivity index (χ2n) is 18.5. The summed E-state index contributed by atoms with van der Waals surface area (Å²) in [6, 6.07) is 7.69. The normalized spacial score (nSPS) is 14.5. The van der Waals surface area contributed by atoms with Crippen LogP contribution in [0, 0.1) is 23.0 Å². The Bertz CT molecular complexity index is 2460. The number of aliphatic carboxylic acids is 1. The number of benzene rings is 2. The van der Waals surface area contributed by atoms with Gasteiger partial charge in [0, 0.05) is 67.8 Å². The van der Waals surface area contributed by atoms with E-state index in [4.69, 9.17) is 10.8 Å². The molecule has 1 aromatic heterocycles. The third kappa shape index (κ3) is 16.1. The number of nitrogens with zero attached hydrogens (tertiary/aromatic N) is 3. The van der Waals surface area contributed by atoms with Crippen molar-refractivity contribution in [2.45, 2.75) is 97.6 Å². The maximum Gasteiger partial charge on any atom is 0.320 e. The topological polar surface area (TPSA) is 292 Å². The van der Waals surface area contributed by atoms with E-state index in [1.807, 2.05) is 51.1 Å². The number of halogens is 2. The number of carboxylic acids is 1. The number of aromatic nitrogens is 1. The van der Waals surface area contributed by atoms with Gasteiger partial charge in [0.1, 0.15) is 49.0 Å². The first-order chi connectivity index (χ1) is 33.4. The van der Waals surface area contributed by atoms with Crippen LogP contribution in [0.5, 0.6) is 0 Å². The minimum Gasteiger partial charge on any atom is -0.480 e. The summed E-state index contributed by atoms with van der Waals surface area (Å²) in [5, 5.41) is 32.2. The average molecular weight is 992 g/mol. The molecular formula is C49H63F2N9O11. The zero-order valence-electron chi connectivity index (χ0n) is 40.5. The van der Waals surface area contributed by atoms with Crippen molar-refractivity contribution in [2.75, 3.05) is 32.8 Å². The van der Waals surface area contributed by atoms with Crippen LogP contribution in [0.15, 0.2) is 72.9 Å². The Morgan fingerprint density at radius 1 is 0.803 bits per heavy atom. The molecule has 71 heavy (non-hydrogen) atoms. The van der Waals surface area contributed by atoms with Crippen LogP contribution in [0.4, 0.5) is 8.78 Å². The Morgan fingerprint density at radius 3 is 2.06 bits per heavy atom. The first-order valence-corrected chi connectivity index (χ1v) is 23.0. The number of aliphatic hydroxyl groups excluding tert-OH is 1. The molecule has 0 spiro atoms. The van der Waals surface area contributed by atoms with Crippen LogP contribution in [0.25, 0.3) is 11.1 Å². The molecule has 384 valence electrons. The van der Waals surface area contributed by atoms with Crippen LogP contribution >= 0.6 is 0 Å². The van der Waals surface area contributed by atoms with Crippen molar-refractivity contribution in [3.8, 4) is 11.1 Å². The fourth-order valence-electron chi connectivity index (χ4n) is 7.80. The molecule has 8 amide bonds. The van der Waals surface area contributed by atoms with E-state index in [9.17, 15) is 52.6 Å². The highest BCUT2D eigenvalue weighted by atomic mass is 19.1. The van der Waals surface area contributed by atoms with Crippen LogP contribution in [-0.2, 0) is 49.7 Å². The summed E-state index contributed by atoms with van der Waals surface area (Å²) >= 11 is 0. The number of hydrogen-bond acceptors (Lipinski definition) is 11. The lowest BCUT2D eigenvalue weighted by atomic mass is 9.82. The molecule has 1 aliphatic rings. The first kappa shape index (κ1) is 56.3. The highest BCUT2D eigenvalue weighted by Gasteiger charge is 2.38. The lowest BCUT2D eigenvalue weighted by Gasteiger charge is -2.41. The monoisotopic (exact) mass is 991 g/mol. The van der Waals surface area contributed by atoms with Crippen molar-refractivity contribution < 1.29 is 62.1 Å². The fourth-order valence-corrected chi connectivity index (χ4v) is 7.80. The van der Waals surface area contributed by atoms with Gasteiger partial charge in [-0.3, -0.25) is 48.1 Å². The highest BCUT2D eigenvalue weighted by molar-refractivity contribution is 6.14. The second kappa shape index (κ2) is 25.5. The van der Waals surface area contributed by atoms with Crippen molar-refractivity contribution in [2.24, 2.45) is 17.1 Å². The first-order valence-electron chi connectivity index (χ1n) is 23.0. The SMILES string of the molecule is CC(C)[C@H](NC(=O)CN1C(=O)C=CC1=O)C(=O)N[C@@H](C)C(=O)N[C@@H](CCN(C(=O)CO)[C@@H](c1cc(-c2cc(F)ccc2F)cn1Cc1ccccc1)C(C)(C)C)C(=O)NCCNC(=O)CC[C@H](N)C(=O)O. The van der Waals surface area contributed by atoms with Crippen LogP contribution in [-0.4, -0.2) is 135 Å². The third-order valence-electron chi connectivity index (χ3n) is 11.5. The van der Waals surface area contributed by atoms with Gasteiger partial charge in [0.25, 0.3) is 11.8 Å². The molecule has 1 aliphatic heterocycles. The number of rotatable bonds is 25. The Balaban J connectivity index is 1.63. The number of amides is 8. The minimum atomic E-state index is -1.45. The number of carboxylic acid groups (broad SMARTS) is 1. The summed E-state index contributed by atoms with van der Waals surface area (Å²) in [5.41, 5.74) is 6.19. The zero-order valence-corrected chi connectivity index (χ0v) is 40.5. The summed E-state index contributed by atoms with van der Waals surface area (Å²) < 4.78 is 31.7. The predicted molar refractivity (Wildman–Crippen MR) is 254 cm³/mol. The predicted octanol–water partition coefficient (Wildman–Crippen LogP) is 1.26. The molecule has 22 heteroatoms. The number of carbonyl (C=O) groups excluding carboxylic acids is 8. The van der Waals surface area contributed by atoms with E-state index in [1.54, 1.807) is 30.7 Å². The van der Waals surface area contributed by atoms with Gasteiger partial charge >= 0.3 is 5.97 Å². The van der Waals surface area contributed by atoms with Gasteiger partial charge in [0.2, 0.25) is 35.4 Å². The summed E-state index contributed by atoms with van der Waals surface area (Å²) in [6.07, 6.45) is 2.99. The van der Waals surface area contributed by atoms with Crippen molar-refractivity contribution in [3.63, 3.8) is 0 Å². The van der Waals surface area contributed by atoms with E-state index >= 15 is 4.39 Å². The van der Waals surface area contributed by atoms with Gasteiger partial charge in [0.05, 0.1) is 6.04 Å². The summed E-state index contributed by atoms with van der Waals surface area (Å²) in [4.78, 5) is 118. The van der Waals surface area contributed by atoms with E-state index in [-0.39, 0.29) is 51.0 Å². The Hall–Kier alpha value is -7.33. The lowest BCUT2D eigenvalue weighted by Crippen LogP contribution is -2.58. The van der Waals surface area contributed by atoms with Crippen LogP contribution < -0.4 is 32.3 Å². The molecule has 0 bridgehead atoms. The van der Waals surface area contributed by atoms with Gasteiger partial charge in [-0.05, 0) is 60.9 Å². The number of nitrogens with two attached hydrogens (primary N) is 1. The number of hydrogen-bond donors (Lipinski definition) is 8. The Kier molecular flexibility index (Phi) is 20.2. The molecule has 20 nitrogen and oxygen atoms in total. The molecule has 0 aliphatic carbocycles. The standard InChI is InChI=1S/C49H63F2N9O11/c1-28(2)43(57-39(63)26-60-40(64)16-17-41(60)65)47(69)55-29(3)45(67)56-36(46(68)54-20-19-53-38(62)15-14-35(52)48(70)71)18-21-59(42(66)27-61)44(49(4,5)6)37-22-31(33-23-32(50)12-13-34(33)51)25-58(37)24-30-10-8-7-9-11-30/h7-13,16-17,22-23,25,28-29,35-36,43-44,61H,14-15,18-21,24,26-27,52H2,1-6H3,(H,53,62)(H,54,68)(H,55,69)(H,56,67)(H,57,63)(H,70,71)/t29-,35-,36-,43-,44-/m0/s1. The van der Waals surface area contributed by atoms with E-state index in [0.29, 0.717) is 16.2 Å². The number of imide groups is 1. The largest absolute Gasteiger partial charge is 0.480 e.